The summed E-state index contributed by atoms with van der Waals surface area (Å²) in [5.41, 5.74) is 5.94. The zero-order valence-electron chi connectivity index (χ0n) is 21.3. The molecule has 5 rings (SSSR count). The summed E-state index contributed by atoms with van der Waals surface area (Å²) in [6, 6.07) is 15.4. The normalized spacial score (nSPS) is 14.4. The number of fused-ring (bicyclic) bond motifs is 2. The van der Waals surface area contributed by atoms with Crippen LogP contribution in [0.15, 0.2) is 67.0 Å². The predicted molar refractivity (Wildman–Crippen MR) is 152 cm³/mol. The van der Waals surface area contributed by atoms with E-state index >= 15 is 0 Å². The molecular weight excluding hydrogens is 486 g/mol. The molecule has 1 unspecified atom stereocenters. The quantitative estimate of drug-likeness (QED) is 0.237. The molecule has 0 amide bonds. The summed E-state index contributed by atoms with van der Waals surface area (Å²) in [5.74, 6) is 0.821. The molecule has 0 radical (unpaired) electrons. The summed E-state index contributed by atoms with van der Waals surface area (Å²) >= 11 is 0. The van der Waals surface area contributed by atoms with Crippen molar-refractivity contribution in [2.75, 3.05) is 30.1 Å². The number of anilines is 1. The molecule has 1 atom stereocenters. The minimum atomic E-state index is -1.93. The number of hydrogen-bond donors (Lipinski definition) is 3. The number of hydrogen-bond acceptors (Lipinski definition) is 6. The van der Waals surface area contributed by atoms with Crippen LogP contribution in [0.1, 0.15) is 36.3 Å². The zero-order valence-corrected chi connectivity index (χ0v) is 22.2. The second kappa shape index (κ2) is 10.2. The smallest absolute Gasteiger partial charge is 0.162 e. The van der Waals surface area contributed by atoms with Crippen LogP contribution >= 0.6 is 10.3 Å². The lowest BCUT2D eigenvalue weighted by Gasteiger charge is -2.29. The molecule has 0 saturated carbocycles. The molecule has 2 heterocycles. The summed E-state index contributed by atoms with van der Waals surface area (Å²) in [6.45, 7) is 2.44. The summed E-state index contributed by atoms with van der Waals surface area (Å²) < 4.78 is 18.0. The highest BCUT2D eigenvalue weighted by atomic mass is 32.3. The zero-order chi connectivity index (χ0) is 26.2. The van der Waals surface area contributed by atoms with Crippen LogP contribution in [-0.4, -0.2) is 49.4 Å². The van der Waals surface area contributed by atoms with Gasteiger partial charge in [0.05, 0.1) is 18.2 Å². The Morgan fingerprint density at radius 2 is 2.00 bits per heavy atom. The van der Waals surface area contributed by atoms with E-state index in [1.54, 1.807) is 29.3 Å². The van der Waals surface area contributed by atoms with Crippen molar-refractivity contribution in [3.05, 3.63) is 83.7 Å². The fraction of sp³-hybridized carbons (Fsp3) is 0.276. The van der Waals surface area contributed by atoms with Gasteiger partial charge >= 0.3 is 0 Å². The van der Waals surface area contributed by atoms with E-state index in [9.17, 15) is 14.9 Å². The highest BCUT2D eigenvalue weighted by molar-refractivity contribution is 8.28. The summed E-state index contributed by atoms with van der Waals surface area (Å²) in [5, 5.41) is 24.4. The number of pyridine rings is 1. The van der Waals surface area contributed by atoms with Gasteiger partial charge in [0.1, 0.15) is 11.4 Å². The van der Waals surface area contributed by atoms with Gasteiger partial charge < -0.3 is 19.0 Å². The fourth-order valence-corrected chi connectivity index (χ4v) is 5.69. The van der Waals surface area contributed by atoms with Crippen LogP contribution in [0.25, 0.3) is 28.2 Å². The van der Waals surface area contributed by atoms with Gasteiger partial charge in [-0.15, -0.1) is 10.3 Å². The van der Waals surface area contributed by atoms with Crippen molar-refractivity contribution in [2.45, 2.75) is 26.0 Å². The van der Waals surface area contributed by atoms with Crippen molar-refractivity contribution >= 4 is 33.1 Å². The number of allylic oxidation sites excluding steroid dienone is 1. The number of rotatable bonds is 8. The van der Waals surface area contributed by atoms with Crippen LogP contribution in [0, 0.1) is 0 Å². The summed E-state index contributed by atoms with van der Waals surface area (Å²) in [7, 11) is -1.93. The highest BCUT2D eigenvalue weighted by Gasteiger charge is 2.25. The minimum absolute atomic E-state index is 0.145. The maximum atomic E-state index is 11.8. The molecule has 1 aliphatic carbocycles. The van der Waals surface area contributed by atoms with Crippen molar-refractivity contribution in [3.8, 4) is 16.9 Å². The van der Waals surface area contributed by atoms with Gasteiger partial charge in [-0.1, -0.05) is 30.4 Å². The number of benzene rings is 2. The van der Waals surface area contributed by atoms with E-state index in [0.29, 0.717) is 23.7 Å². The Morgan fingerprint density at radius 1 is 1.16 bits per heavy atom. The Hall–Kier alpha value is -3.30. The Morgan fingerprint density at radius 3 is 2.78 bits per heavy atom. The van der Waals surface area contributed by atoms with Crippen LogP contribution in [0.5, 0.6) is 5.75 Å². The van der Waals surface area contributed by atoms with Gasteiger partial charge in [0.15, 0.2) is 6.23 Å². The summed E-state index contributed by atoms with van der Waals surface area (Å²) in [6.07, 6.45) is 12.1. The van der Waals surface area contributed by atoms with Crippen LogP contribution in [0.2, 0.25) is 0 Å². The summed E-state index contributed by atoms with van der Waals surface area (Å²) in [4.78, 5) is 4.63. The number of aromatic nitrogens is 2. The third-order valence-corrected chi connectivity index (χ3v) is 7.39. The maximum Gasteiger partial charge on any atom is 0.162 e. The predicted octanol–water partition coefficient (Wildman–Crippen LogP) is 6.29. The second-order valence-corrected chi connectivity index (χ2v) is 12.9. The molecule has 0 aliphatic heterocycles. The van der Waals surface area contributed by atoms with Gasteiger partial charge in [-0.3, -0.25) is 5.21 Å². The first-order chi connectivity index (χ1) is 17.8. The molecule has 0 spiro atoms. The molecule has 3 N–H and O–H groups in total. The first-order valence-corrected chi connectivity index (χ1v) is 14.9. The van der Waals surface area contributed by atoms with Gasteiger partial charge in [0.25, 0.3) is 0 Å². The van der Waals surface area contributed by atoms with E-state index in [0.717, 1.165) is 51.1 Å². The maximum absolute atomic E-state index is 11.8. The van der Waals surface area contributed by atoms with Crippen LogP contribution in [0.3, 0.4) is 0 Å². The van der Waals surface area contributed by atoms with E-state index in [1.165, 1.54) is 0 Å². The number of nitrogens with zero attached hydrogens (tertiary/aromatic N) is 3. The SMILES string of the molecule is CCOc1ccc2c(c1C(O)n1cc(-c3cccc(N(O)CS(C)(C)O)c3)c3cccnc31)CCC=C2. The Labute approximate surface area is 218 Å². The van der Waals surface area contributed by atoms with E-state index in [-0.39, 0.29) is 5.88 Å². The van der Waals surface area contributed by atoms with Crippen LogP contribution in [-0.2, 0) is 6.42 Å². The number of aliphatic hydroxyl groups excluding tert-OH is 1. The third kappa shape index (κ3) is 5.10. The largest absolute Gasteiger partial charge is 0.493 e. The van der Waals surface area contributed by atoms with Crippen LogP contribution < -0.4 is 9.80 Å². The average molecular weight is 520 g/mol. The van der Waals surface area contributed by atoms with Crippen molar-refractivity contribution < 1.29 is 19.6 Å². The minimum Gasteiger partial charge on any atom is -0.493 e. The molecule has 2 aromatic heterocycles. The van der Waals surface area contributed by atoms with Crippen molar-refractivity contribution in [1.82, 2.24) is 9.55 Å². The lowest BCUT2D eigenvalue weighted by atomic mass is 9.91. The van der Waals surface area contributed by atoms with Gasteiger partial charge in [0.2, 0.25) is 0 Å². The molecular formula is C29H33N3O4S. The highest BCUT2D eigenvalue weighted by Crippen LogP contribution is 2.40. The standard InChI is InChI=1S/C29H33N3O4S/c1-4-36-26-15-14-20-9-5-6-12-23(20)27(26)29(33)31-18-25(24-13-8-16-30-28(24)31)21-10-7-11-22(17-21)32(34)19-37(2,3)35/h5,7-11,13-18,29,33-35H,4,6,12,19H2,1-3H3. The lowest BCUT2D eigenvalue weighted by Crippen LogP contribution is -2.23. The molecule has 8 heteroatoms. The van der Waals surface area contributed by atoms with Gasteiger partial charge in [-0.25, -0.2) is 10.0 Å². The average Bonchev–Trinajstić information content (AvgIpc) is 3.27. The molecule has 7 nitrogen and oxygen atoms in total. The third-order valence-electron chi connectivity index (χ3n) is 6.52. The molecule has 2 aromatic carbocycles. The van der Waals surface area contributed by atoms with E-state index in [2.05, 4.69) is 17.1 Å². The Balaban J connectivity index is 1.62. The van der Waals surface area contributed by atoms with Crippen molar-refractivity contribution in [2.24, 2.45) is 0 Å². The molecule has 37 heavy (non-hydrogen) atoms. The Bertz CT molecular complexity index is 1460. The van der Waals surface area contributed by atoms with Gasteiger partial charge in [0, 0.05) is 28.9 Å². The fourth-order valence-electron chi connectivity index (χ4n) is 4.94. The molecule has 194 valence electrons. The monoisotopic (exact) mass is 519 g/mol. The molecule has 4 aromatic rings. The van der Waals surface area contributed by atoms with Crippen LogP contribution in [0.4, 0.5) is 5.69 Å². The number of ether oxygens (including phenoxy) is 1. The van der Waals surface area contributed by atoms with Gasteiger partial charge in [-0.2, -0.15) is 0 Å². The lowest BCUT2D eigenvalue weighted by molar-refractivity contribution is 0.144. The van der Waals surface area contributed by atoms with E-state index in [1.807, 2.05) is 55.6 Å². The van der Waals surface area contributed by atoms with E-state index < -0.39 is 16.5 Å². The number of hydroxylamine groups is 1. The Kier molecular flexibility index (Phi) is 7.00. The molecule has 1 aliphatic rings. The van der Waals surface area contributed by atoms with Crippen molar-refractivity contribution in [1.29, 1.82) is 0 Å². The first-order valence-electron chi connectivity index (χ1n) is 12.4. The number of aliphatic hydroxyl groups is 1. The first kappa shape index (κ1) is 25.4. The molecule has 0 bridgehead atoms. The van der Waals surface area contributed by atoms with Crippen molar-refractivity contribution in [3.63, 3.8) is 0 Å². The van der Waals surface area contributed by atoms with Gasteiger partial charge in [-0.05, 0) is 79.3 Å². The second-order valence-electron chi connectivity index (χ2n) is 9.68. The topological polar surface area (TPSA) is 91.0 Å². The molecule has 0 fully saturated rings. The van der Waals surface area contributed by atoms with E-state index in [4.69, 9.17) is 4.74 Å². The molecule has 0 saturated heterocycles.